The van der Waals surface area contributed by atoms with E-state index in [2.05, 4.69) is 10.3 Å². The summed E-state index contributed by atoms with van der Waals surface area (Å²) in [7, 11) is 1.31. The molecular weight excluding hydrogens is 316 g/mol. The summed E-state index contributed by atoms with van der Waals surface area (Å²) >= 11 is 0. The Morgan fingerprint density at radius 2 is 1.72 bits per heavy atom. The first-order valence-electron chi connectivity index (χ1n) is 7.96. The van der Waals surface area contributed by atoms with Crippen molar-refractivity contribution in [3.8, 4) is 0 Å². The van der Waals surface area contributed by atoms with Gasteiger partial charge in [-0.2, -0.15) is 0 Å². The SMILES string of the molecule is COC(=O)[C@@H](Cc1ccccc1)NC(=O)c1ccc2ccccc2n1. The maximum absolute atomic E-state index is 12.5. The van der Waals surface area contributed by atoms with E-state index in [1.54, 1.807) is 6.07 Å². The highest BCUT2D eigenvalue weighted by Gasteiger charge is 2.23. The lowest BCUT2D eigenvalue weighted by Gasteiger charge is -2.16. The van der Waals surface area contributed by atoms with E-state index < -0.39 is 17.9 Å². The van der Waals surface area contributed by atoms with Gasteiger partial charge in [0.05, 0.1) is 12.6 Å². The van der Waals surface area contributed by atoms with Gasteiger partial charge in [0, 0.05) is 11.8 Å². The number of nitrogens with zero attached hydrogens (tertiary/aromatic N) is 1. The maximum atomic E-state index is 12.5. The van der Waals surface area contributed by atoms with Gasteiger partial charge in [0.2, 0.25) is 0 Å². The number of rotatable bonds is 5. The Bertz CT molecular complexity index is 894. The summed E-state index contributed by atoms with van der Waals surface area (Å²) in [5.41, 5.74) is 1.93. The Balaban J connectivity index is 1.79. The molecule has 3 rings (SSSR count). The number of carbonyl (C=O) groups is 2. The molecule has 1 atom stereocenters. The van der Waals surface area contributed by atoms with E-state index in [1.807, 2.05) is 60.7 Å². The number of amides is 1. The highest BCUT2D eigenvalue weighted by atomic mass is 16.5. The second-order valence-electron chi connectivity index (χ2n) is 5.63. The molecule has 0 aliphatic rings. The first-order valence-corrected chi connectivity index (χ1v) is 7.96. The number of nitrogens with one attached hydrogen (secondary N) is 1. The number of hydrogen-bond acceptors (Lipinski definition) is 4. The molecule has 0 unspecified atom stereocenters. The zero-order valence-electron chi connectivity index (χ0n) is 13.8. The molecule has 0 saturated heterocycles. The van der Waals surface area contributed by atoms with E-state index >= 15 is 0 Å². The summed E-state index contributed by atoms with van der Waals surface area (Å²) in [4.78, 5) is 28.9. The van der Waals surface area contributed by atoms with Crippen LogP contribution < -0.4 is 5.32 Å². The van der Waals surface area contributed by atoms with Gasteiger partial charge >= 0.3 is 5.97 Å². The Kier molecular flexibility index (Phi) is 5.04. The van der Waals surface area contributed by atoms with Crippen molar-refractivity contribution in [2.75, 3.05) is 7.11 Å². The van der Waals surface area contributed by atoms with Crippen molar-refractivity contribution in [1.82, 2.24) is 10.3 Å². The van der Waals surface area contributed by atoms with Crippen molar-refractivity contribution in [1.29, 1.82) is 0 Å². The number of esters is 1. The normalized spacial score (nSPS) is 11.7. The lowest BCUT2D eigenvalue weighted by molar-refractivity contribution is -0.142. The molecule has 1 amide bonds. The summed E-state index contributed by atoms with van der Waals surface area (Å²) in [5, 5.41) is 3.67. The van der Waals surface area contributed by atoms with Gasteiger partial charge in [0.15, 0.2) is 0 Å². The van der Waals surface area contributed by atoms with Gasteiger partial charge in [-0.25, -0.2) is 9.78 Å². The number of ether oxygens (including phenoxy) is 1. The van der Waals surface area contributed by atoms with Gasteiger partial charge in [-0.15, -0.1) is 0 Å². The Morgan fingerprint density at radius 3 is 2.48 bits per heavy atom. The van der Waals surface area contributed by atoms with E-state index in [9.17, 15) is 9.59 Å². The van der Waals surface area contributed by atoms with Crippen LogP contribution in [0.15, 0.2) is 66.7 Å². The van der Waals surface area contributed by atoms with Crippen molar-refractivity contribution in [2.24, 2.45) is 0 Å². The maximum Gasteiger partial charge on any atom is 0.328 e. The van der Waals surface area contributed by atoms with Crippen LogP contribution in [0.25, 0.3) is 10.9 Å². The molecule has 0 bridgehead atoms. The summed E-state index contributed by atoms with van der Waals surface area (Å²) in [5.74, 6) is -0.893. The molecular formula is C20H18N2O3. The van der Waals surface area contributed by atoms with E-state index in [0.717, 1.165) is 16.5 Å². The molecule has 1 N–H and O–H groups in total. The second kappa shape index (κ2) is 7.57. The fourth-order valence-corrected chi connectivity index (χ4v) is 2.61. The largest absolute Gasteiger partial charge is 0.467 e. The lowest BCUT2D eigenvalue weighted by atomic mass is 10.1. The topological polar surface area (TPSA) is 68.3 Å². The number of benzene rings is 2. The zero-order chi connectivity index (χ0) is 17.6. The zero-order valence-corrected chi connectivity index (χ0v) is 13.8. The molecule has 0 fully saturated rings. The third-order valence-corrected chi connectivity index (χ3v) is 3.90. The van der Waals surface area contributed by atoms with Crippen LogP contribution in [-0.4, -0.2) is 30.0 Å². The molecule has 2 aromatic carbocycles. The van der Waals surface area contributed by atoms with Gasteiger partial charge in [-0.3, -0.25) is 4.79 Å². The molecule has 5 nitrogen and oxygen atoms in total. The van der Waals surface area contributed by atoms with Crippen molar-refractivity contribution in [3.63, 3.8) is 0 Å². The van der Waals surface area contributed by atoms with Gasteiger partial charge < -0.3 is 10.1 Å². The number of fused-ring (bicyclic) bond motifs is 1. The van der Waals surface area contributed by atoms with Crippen LogP contribution in [0.1, 0.15) is 16.1 Å². The minimum absolute atomic E-state index is 0.265. The van der Waals surface area contributed by atoms with Crippen LogP contribution in [0.5, 0.6) is 0 Å². The average molecular weight is 334 g/mol. The quantitative estimate of drug-likeness (QED) is 0.729. The predicted molar refractivity (Wildman–Crippen MR) is 95.2 cm³/mol. The standard InChI is InChI=1S/C20H18N2O3/c1-25-20(24)18(13-14-7-3-2-4-8-14)22-19(23)17-12-11-15-9-5-6-10-16(15)21-17/h2-12,18H,13H2,1H3,(H,22,23)/t18-/m1/s1. The monoisotopic (exact) mass is 334 g/mol. The number of carbonyl (C=O) groups excluding carboxylic acids is 2. The first-order chi connectivity index (χ1) is 12.2. The summed E-state index contributed by atoms with van der Waals surface area (Å²) in [6, 6.07) is 19.7. The Hall–Kier alpha value is -3.21. The lowest BCUT2D eigenvalue weighted by Crippen LogP contribution is -2.43. The van der Waals surface area contributed by atoms with Gasteiger partial charge in [0.1, 0.15) is 11.7 Å². The molecule has 0 radical (unpaired) electrons. The summed E-state index contributed by atoms with van der Waals surface area (Å²) in [6.45, 7) is 0. The van der Waals surface area contributed by atoms with Crippen molar-refractivity contribution in [2.45, 2.75) is 12.5 Å². The number of hydrogen-bond donors (Lipinski definition) is 1. The van der Waals surface area contributed by atoms with Crippen LogP contribution in [0, 0.1) is 0 Å². The predicted octanol–water partition coefficient (Wildman–Crippen LogP) is 2.75. The number of pyridine rings is 1. The van der Waals surface area contributed by atoms with Crippen molar-refractivity contribution >= 4 is 22.8 Å². The number of aromatic nitrogens is 1. The number of para-hydroxylation sites is 1. The third-order valence-electron chi connectivity index (χ3n) is 3.90. The molecule has 1 aromatic heterocycles. The number of methoxy groups -OCH3 is 1. The average Bonchev–Trinajstić information content (AvgIpc) is 2.67. The summed E-state index contributed by atoms with van der Waals surface area (Å²) in [6.07, 6.45) is 0.354. The summed E-state index contributed by atoms with van der Waals surface area (Å²) < 4.78 is 4.82. The van der Waals surface area contributed by atoms with E-state index in [4.69, 9.17) is 4.74 Å². The van der Waals surface area contributed by atoms with Crippen LogP contribution in [0.2, 0.25) is 0 Å². The smallest absolute Gasteiger partial charge is 0.328 e. The molecule has 1 heterocycles. The fourth-order valence-electron chi connectivity index (χ4n) is 2.61. The highest BCUT2D eigenvalue weighted by Crippen LogP contribution is 2.12. The van der Waals surface area contributed by atoms with E-state index in [-0.39, 0.29) is 5.69 Å². The second-order valence-corrected chi connectivity index (χ2v) is 5.63. The van der Waals surface area contributed by atoms with E-state index in [1.165, 1.54) is 7.11 Å². The molecule has 5 heteroatoms. The molecule has 0 aliphatic heterocycles. The molecule has 126 valence electrons. The van der Waals surface area contributed by atoms with Crippen molar-refractivity contribution < 1.29 is 14.3 Å². The van der Waals surface area contributed by atoms with Gasteiger partial charge in [-0.05, 0) is 17.7 Å². The minimum Gasteiger partial charge on any atom is -0.467 e. The molecule has 0 spiro atoms. The molecule has 25 heavy (non-hydrogen) atoms. The fraction of sp³-hybridized carbons (Fsp3) is 0.150. The molecule has 0 aliphatic carbocycles. The van der Waals surface area contributed by atoms with Crippen LogP contribution in [-0.2, 0) is 16.0 Å². The molecule has 3 aromatic rings. The van der Waals surface area contributed by atoms with Crippen LogP contribution in [0.3, 0.4) is 0 Å². The third kappa shape index (κ3) is 4.01. The highest BCUT2D eigenvalue weighted by molar-refractivity contribution is 5.97. The molecule has 0 saturated carbocycles. The Labute approximate surface area is 145 Å². The van der Waals surface area contributed by atoms with Crippen LogP contribution in [0.4, 0.5) is 0 Å². The van der Waals surface area contributed by atoms with Gasteiger partial charge in [-0.1, -0.05) is 54.6 Å². The first kappa shape index (κ1) is 16.6. The van der Waals surface area contributed by atoms with Crippen molar-refractivity contribution in [3.05, 3.63) is 78.0 Å². The van der Waals surface area contributed by atoms with E-state index in [0.29, 0.717) is 6.42 Å². The van der Waals surface area contributed by atoms with Crippen LogP contribution >= 0.6 is 0 Å². The minimum atomic E-state index is -0.770. The van der Waals surface area contributed by atoms with Gasteiger partial charge in [0.25, 0.3) is 5.91 Å². The Morgan fingerprint density at radius 1 is 1.00 bits per heavy atom.